The average Bonchev–Trinajstić information content (AvgIpc) is 2.94. The lowest BCUT2D eigenvalue weighted by atomic mass is 10.2. The Bertz CT molecular complexity index is 808. The molecule has 22 heavy (non-hydrogen) atoms. The Morgan fingerprint density at radius 3 is 2.91 bits per heavy atom. The van der Waals surface area contributed by atoms with Gasteiger partial charge in [0.15, 0.2) is 0 Å². The molecule has 5 heteroatoms. The number of benzene rings is 2. The number of aromatic nitrogens is 1. The lowest BCUT2D eigenvalue weighted by Crippen LogP contribution is -2.20. The third-order valence-electron chi connectivity index (χ3n) is 3.03. The van der Waals surface area contributed by atoms with E-state index in [1.807, 2.05) is 24.3 Å². The second kappa shape index (κ2) is 6.49. The molecule has 1 aromatic heterocycles. The van der Waals surface area contributed by atoms with Gasteiger partial charge in [0.2, 0.25) is 5.91 Å². The zero-order valence-electron chi connectivity index (χ0n) is 11.6. The molecule has 1 N–H and O–H groups in total. The first-order valence-corrected chi connectivity index (χ1v) is 7.58. The van der Waals surface area contributed by atoms with Crippen LogP contribution in [0.3, 0.4) is 0 Å². The number of hydrogen-bond acceptors (Lipinski definition) is 3. The Morgan fingerprint density at radius 2 is 2.09 bits per heavy atom. The van der Waals surface area contributed by atoms with Gasteiger partial charge in [-0.2, -0.15) is 0 Å². The van der Waals surface area contributed by atoms with Crippen LogP contribution in [-0.2, 0) is 11.3 Å². The van der Waals surface area contributed by atoms with Crippen LogP contribution in [-0.4, -0.2) is 10.9 Å². The monoisotopic (exact) mass is 312 g/mol. The molecule has 0 radical (unpaired) electrons. The van der Waals surface area contributed by atoms with Crippen molar-refractivity contribution in [3.05, 3.63) is 71.0 Å². The summed E-state index contributed by atoms with van der Waals surface area (Å²) in [5.74, 6) is -0.555. The van der Waals surface area contributed by atoms with E-state index in [-0.39, 0.29) is 11.7 Å². The van der Waals surface area contributed by atoms with Gasteiger partial charge in [-0.3, -0.25) is 4.79 Å². The molecular weight excluding hydrogens is 299 g/mol. The Kier molecular flexibility index (Phi) is 4.25. The summed E-state index contributed by atoms with van der Waals surface area (Å²) in [7, 11) is 0. The quantitative estimate of drug-likeness (QED) is 0.745. The average molecular weight is 312 g/mol. The van der Waals surface area contributed by atoms with Gasteiger partial charge in [-0.15, -0.1) is 11.3 Å². The first-order valence-electron chi connectivity index (χ1n) is 6.77. The van der Waals surface area contributed by atoms with E-state index in [4.69, 9.17) is 0 Å². The zero-order chi connectivity index (χ0) is 15.4. The highest BCUT2D eigenvalue weighted by molar-refractivity contribution is 7.18. The Morgan fingerprint density at radius 1 is 1.23 bits per heavy atom. The largest absolute Gasteiger partial charge is 0.346 e. The second-order valence-corrected chi connectivity index (χ2v) is 5.80. The second-order valence-electron chi connectivity index (χ2n) is 4.68. The maximum absolute atomic E-state index is 13.0. The summed E-state index contributed by atoms with van der Waals surface area (Å²) in [6.07, 6.45) is 2.97. The smallest absolute Gasteiger partial charge is 0.244 e. The molecule has 0 fully saturated rings. The summed E-state index contributed by atoms with van der Waals surface area (Å²) >= 11 is 1.56. The van der Waals surface area contributed by atoms with Crippen LogP contribution in [0.4, 0.5) is 4.39 Å². The molecule has 1 heterocycles. The number of nitrogens with one attached hydrogen (secondary N) is 1. The summed E-state index contributed by atoms with van der Waals surface area (Å²) < 4.78 is 14.1. The van der Waals surface area contributed by atoms with E-state index in [0.717, 1.165) is 15.2 Å². The van der Waals surface area contributed by atoms with Gasteiger partial charge in [-0.1, -0.05) is 24.3 Å². The molecule has 0 aliphatic carbocycles. The van der Waals surface area contributed by atoms with Crippen molar-refractivity contribution >= 4 is 33.5 Å². The summed E-state index contributed by atoms with van der Waals surface area (Å²) in [4.78, 5) is 16.2. The van der Waals surface area contributed by atoms with Gasteiger partial charge in [-0.05, 0) is 35.9 Å². The molecule has 0 bridgehead atoms. The molecule has 3 nitrogen and oxygen atoms in total. The fourth-order valence-corrected chi connectivity index (χ4v) is 2.91. The fraction of sp³-hybridized carbons (Fsp3) is 0.0588. The van der Waals surface area contributed by atoms with Crippen molar-refractivity contribution < 1.29 is 9.18 Å². The molecule has 1 amide bonds. The molecule has 0 saturated carbocycles. The van der Waals surface area contributed by atoms with Gasteiger partial charge in [0.05, 0.1) is 16.8 Å². The number of thiazole rings is 1. The van der Waals surface area contributed by atoms with Crippen molar-refractivity contribution in [2.45, 2.75) is 6.54 Å². The van der Waals surface area contributed by atoms with Crippen LogP contribution in [0, 0.1) is 5.82 Å². The number of nitrogens with zero attached hydrogens (tertiary/aromatic N) is 1. The third-order valence-corrected chi connectivity index (χ3v) is 4.06. The number of para-hydroxylation sites is 1. The van der Waals surface area contributed by atoms with Gasteiger partial charge in [0.1, 0.15) is 10.8 Å². The zero-order valence-corrected chi connectivity index (χ0v) is 12.4. The topological polar surface area (TPSA) is 42.0 Å². The van der Waals surface area contributed by atoms with E-state index in [9.17, 15) is 9.18 Å². The lowest BCUT2D eigenvalue weighted by molar-refractivity contribution is -0.116. The van der Waals surface area contributed by atoms with E-state index in [1.165, 1.54) is 18.2 Å². The molecule has 110 valence electrons. The van der Waals surface area contributed by atoms with Crippen LogP contribution in [0.5, 0.6) is 0 Å². The number of carbonyl (C=O) groups is 1. The molecule has 0 unspecified atom stereocenters. The third kappa shape index (κ3) is 3.56. The van der Waals surface area contributed by atoms with E-state index in [2.05, 4.69) is 10.3 Å². The Balaban J connectivity index is 1.60. The van der Waals surface area contributed by atoms with Crippen molar-refractivity contribution in [3.63, 3.8) is 0 Å². The summed E-state index contributed by atoms with van der Waals surface area (Å²) in [5.41, 5.74) is 1.59. The molecule has 2 aromatic carbocycles. The molecule has 0 aliphatic rings. The minimum Gasteiger partial charge on any atom is -0.346 e. The van der Waals surface area contributed by atoms with Gasteiger partial charge in [0.25, 0.3) is 0 Å². The van der Waals surface area contributed by atoms with E-state index in [1.54, 1.807) is 29.5 Å². The Hall–Kier alpha value is -2.53. The summed E-state index contributed by atoms with van der Waals surface area (Å²) in [5, 5.41) is 3.63. The van der Waals surface area contributed by atoms with Crippen LogP contribution in [0.1, 0.15) is 10.6 Å². The minimum atomic E-state index is -0.322. The predicted octanol–water partition coefficient (Wildman–Crippen LogP) is 3.77. The highest BCUT2D eigenvalue weighted by Gasteiger charge is 2.04. The van der Waals surface area contributed by atoms with E-state index < -0.39 is 0 Å². The summed E-state index contributed by atoms with van der Waals surface area (Å²) in [6.45, 7) is 0.381. The van der Waals surface area contributed by atoms with Crippen molar-refractivity contribution in [3.8, 4) is 0 Å². The van der Waals surface area contributed by atoms with Crippen LogP contribution in [0.2, 0.25) is 0 Å². The molecule has 0 spiro atoms. The lowest BCUT2D eigenvalue weighted by Gasteiger charge is -1.98. The maximum atomic E-state index is 13.0. The number of carbonyl (C=O) groups excluding carboxylic acids is 1. The van der Waals surface area contributed by atoms with Gasteiger partial charge < -0.3 is 5.32 Å². The van der Waals surface area contributed by atoms with Crippen molar-refractivity contribution in [2.75, 3.05) is 0 Å². The number of halogens is 1. The number of rotatable bonds is 4. The van der Waals surface area contributed by atoms with Gasteiger partial charge in [0, 0.05) is 6.08 Å². The standard InChI is InChI=1S/C17H13FN2OS/c18-13-5-3-4-12(10-13)8-9-16(21)19-11-17-20-14-6-1-2-7-15(14)22-17/h1-10H,11H2,(H,19,21)/b9-8+. The first kappa shape index (κ1) is 14.4. The number of fused-ring (bicyclic) bond motifs is 1. The van der Waals surface area contributed by atoms with E-state index in [0.29, 0.717) is 12.1 Å². The van der Waals surface area contributed by atoms with Crippen LogP contribution in [0.25, 0.3) is 16.3 Å². The normalized spacial score (nSPS) is 11.1. The molecule has 0 saturated heterocycles. The molecule has 0 atom stereocenters. The highest BCUT2D eigenvalue weighted by atomic mass is 32.1. The van der Waals surface area contributed by atoms with Gasteiger partial charge >= 0.3 is 0 Å². The van der Waals surface area contributed by atoms with Crippen molar-refractivity contribution in [1.82, 2.24) is 10.3 Å². The SMILES string of the molecule is O=C(/C=C/c1cccc(F)c1)NCc1nc2ccccc2s1. The van der Waals surface area contributed by atoms with Crippen molar-refractivity contribution in [1.29, 1.82) is 0 Å². The predicted molar refractivity (Wildman–Crippen MR) is 86.9 cm³/mol. The van der Waals surface area contributed by atoms with Crippen molar-refractivity contribution in [2.24, 2.45) is 0 Å². The summed E-state index contributed by atoms with van der Waals surface area (Å²) in [6, 6.07) is 13.9. The number of amides is 1. The van der Waals surface area contributed by atoms with Gasteiger partial charge in [-0.25, -0.2) is 9.37 Å². The molecule has 0 aliphatic heterocycles. The van der Waals surface area contributed by atoms with Crippen LogP contribution >= 0.6 is 11.3 Å². The number of hydrogen-bond donors (Lipinski definition) is 1. The molecular formula is C17H13FN2OS. The van der Waals surface area contributed by atoms with Crippen LogP contribution in [0.15, 0.2) is 54.6 Å². The fourth-order valence-electron chi connectivity index (χ4n) is 2.00. The molecule has 3 aromatic rings. The van der Waals surface area contributed by atoms with E-state index >= 15 is 0 Å². The first-order chi connectivity index (χ1) is 10.7. The Labute approximate surface area is 131 Å². The minimum absolute atomic E-state index is 0.233. The maximum Gasteiger partial charge on any atom is 0.244 e. The van der Waals surface area contributed by atoms with Crippen LogP contribution < -0.4 is 5.32 Å². The highest BCUT2D eigenvalue weighted by Crippen LogP contribution is 2.21. The molecule has 3 rings (SSSR count).